The molecule has 2 aromatic rings. The highest BCUT2D eigenvalue weighted by molar-refractivity contribution is 7.92. The summed E-state index contributed by atoms with van der Waals surface area (Å²) in [5.74, 6) is 1.81. The average molecular weight is 472 g/mol. The molecule has 1 N–H and O–H groups in total. The van der Waals surface area contributed by atoms with E-state index in [1.807, 2.05) is 4.90 Å². The lowest BCUT2D eigenvalue weighted by Gasteiger charge is -2.34. The van der Waals surface area contributed by atoms with Crippen molar-refractivity contribution >= 4 is 21.6 Å². The van der Waals surface area contributed by atoms with Gasteiger partial charge in [-0.3, -0.25) is 14.4 Å². The number of carbonyl (C=O) groups is 1. The van der Waals surface area contributed by atoms with Crippen LogP contribution in [0.5, 0.6) is 11.5 Å². The molecule has 176 valence electrons. The quantitative estimate of drug-likeness (QED) is 0.697. The molecule has 2 aromatic carbocycles. The number of piperazine rings is 1. The summed E-state index contributed by atoms with van der Waals surface area (Å²) in [6.07, 6.45) is 3.42. The van der Waals surface area contributed by atoms with E-state index >= 15 is 0 Å². The minimum Gasteiger partial charge on any atom is -0.490 e. The number of carbonyl (C=O) groups excluding carboxylic acids is 1. The van der Waals surface area contributed by atoms with Crippen LogP contribution in [0.4, 0.5) is 5.69 Å². The van der Waals surface area contributed by atoms with Crippen molar-refractivity contribution in [2.75, 3.05) is 50.7 Å². The van der Waals surface area contributed by atoms with Gasteiger partial charge in [0.1, 0.15) is 0 Å². The first-order valence-electron chi connectivity index (χ1n) is 11.5. The highest BCUT2D eigenvalue weighted by atomic mass is 32.2. The Morgan fingerprint density at radius 3 is 2.33 bits per heavy atom. The first-order chi connectivity index (χ1) is 16.0. The minimum absolute atomic E-state index is 0.0154. The van der Waals surface area contributed by atoms with Gasteiger partial charge in [0.25, 0.3) is 15.9 Å². The number of fused-ring (bicyclic) bond motifs is 1. The Hall–Kier alpha value is -2.78. The maximum absolute atomic E-state index is 12.9. The van der Waals surface area contributed by atoms with Gasteiger partial charge in [-0.1, -0.05) is 0 Å². The Balaban J connectivity index is 1.21. The molecule has 0 atom stereocenters. The van der Waals surface area contributed by atoms with Crippen LogP contribution in [0, 0.1) is 5.92 Å². The molecule has 2 fully saturated rings. The van der Waals surface area contributed by atoms with Crippen molar-refractivity contribution in [1.82, 2.24) is 9.80 Å². The largest absolute Gasteiger partial charge is 0.490 e. The lowest BCUT2D eigenvalue weighted by Crippen LogP contribution is -2.49. The van der Waals surface area contributed by atoms with Crippen molar-refractivity contribution < 1.29 is 22.7 Å². The summed E-state index contributed by atoms with van der Waals surface area (Å²) >= 11 is 0. The van der Waals surface area contributed by atoms with Crippen LogP contribution in [0.1, 0.15) is 29.6 Å². The number of amides is 1. The van der Waals surface area contributed by atoms with E-state index in [-0.39, 0.29) is 10.8 Å². The van der Waals surface area contributed by atoms with Crippen molar-refractivity contribution in [2.45, 2.75) is 24.2 Å². The topological polar surface area (TPSA) is 88.2 Å². The third-order valence-corrected chi connectivity index (χ3v) is 7.67. The summed E-state index contributed by atoms with van der Waals surface area (Å²) in [6, 6.07) is 11.2. The van der Waals surface area contributed by atoms with Gasteiger partial charge in [-0.15, -0.1) is 0 Å². The van der Waals surface area contributed by atoms with Crippen molar-refractivity contribution in [3.63, 3.8) is 0 Å². The van der Waals surface area contributed by atoms with Crippen LogP contribution >= 0.6 is 0 Å². The Labute approximate surface area is 194 Å². The predicted octanol–water partition coefficient (Wildman–Crippen LogP) is 2.82. The monoisotopic (exact) mass is 471 g/mol. The SMILES string of the molecule is O=C(c1ccc(NS(=O)(=O)c2ccc3c(c2)OCCCO3)cc1)N1CCN(CC2CC2)CC1. The zero-order valence-corrected chi connectivity index (χ0v) is 19.4. The second-order valence-electron chi connectivity index (χ2n) is 8.88. The first kappa shape index (κ1) is 22.0. The zero-order valence-electron chi connectivity index (χ0n) is 18.5. The third-order valence-electron chi connectivity index (χ3n) is 6.29. The van der Waals surface area contributed by atoms with Crippen LogP contribution in [0.25, 0.3) is 0 Å². The lowest BCUT2D eigenvalue weighted by molar-refractivity contribution is 0.0632. The molecular weight excluding hydrogens is 442 g/mol. The highest BCUT2D eigenvalue weighted by Crippen LogP contribution is 2.32. The fourth-order valence-corrected chi connectivity index (χ4v) is 5.26. The molecule has 1 saturated carbocycles. The molecule has 0 bridgehead atoms. The summed E-state index contributed by atoms with van der Waals surface area (Å²) in [6.45, 7) is 5.45. The number of ether oxygens (including phenoxy) is 2. The second-order valence-corrected chi connectivity index (χ2v) is 10.6. The van der Waals surface area contributed by atoms with Crippen molar-refractivity contribution in [1.29, 1.82) is 0 Å². The van der Waals surface area contributed by atoms with Gasteiger partial charge in [0.05, 0.1) is 18.1 Å². The van der Waals surface area contributed by atoms with E-state index < -0.39 is 10.0 Å². The molecule has 9 heteroatoms. The molecule has 8 nitrogen and oxygen atoms in total. The van der Waals surface area contributed by atoms with Crippen LogP contribution in [0.15, 0.2) is 47.4 Å². The van der Waals surface area contributed by atoms with Gasteiger partial charge in [0.2, 0.25) is 0 Å². The number of rotatable bonds is 6. The summed E-state index contributed by atoms with van der Waals surface area (Å²) in [7, 11) is -3.81. The maximum Gasteiger partial charge on any atom is 0.262 e. The lowest BCUT2D eigenvalue weighted by atomic mass is 10.1. The van der Waals surface area contributed by atoms with Crippen LogP contribution in [0.3, 0.4) is 0 Å². The average Bonchev–Trinajstić information content (AvgIpc) is 3.66. The summed E-state index contributed by atoms with van der Waals surface area (Å²) in [5, 5.41) is 0. The minimum atomic E-state index is -3.81. The Kier molecular flexibility index (Phi) is 6.16. The zero-order chi connectivity index (χ0) is 22.8. The molecule has 0 aromatic heterocycles. The molecule has 1 saturated heterocycles. The second kappa shape index (κ2) is 9.23. The first-order valence-corrected chi connectivity index (χ1v) is 13.0. The normalized spacial score (nSPS) is 19.1. The van der Waals surface area contributed by atoms with Gasteiger partial charge in [-0.05, 0) is 55.2 Å². The van der Waals surface area contributed by atoms with E-state index in [2.05, 4.69) is 9.62 Å². The molecule has 3 aliphatic rings. The van der Waals surface area contributed by atoms with Crippen LogP contribution < -0.4 is 14.2 Å². The maximum atomic E-state index is 12.9. The van der Waals surface area contributed by atoms with Gasteiger partial charge < -0.3 is 14.4 Å². The molecule has 1 amide bonds. The Morgan fingerprint density at radius 1 is 0.939 bits per heavy atom. The molecular formula is C24H29N3O5S. The van der Waals surface area contributed by atoms with E-state index in [0.717, 1.165) is 45.1 Å². The third kappa shape index (κ3) is 5.25. The summed E-state index contributed by atoms with van der Waals surface area (Å²) in [4.78, 5) is 17.3. The number of nitrogens with zero attached hydrogens (tertiary/aromatic N) is 2. The van der Waals surface area contributed by atoms with Gasteiger partial charge in [0, 0.05) is 56.5 Å². The standard InChI is InChI=1S/C24H29N3O5S/c28-24(27-12-10-26(11-13-27)17-18-2-3-18)19-4-6-20(7-5-19)25-33(29,30)21-8-9-22-23(16-21)32-15-1-14-31-22/h4-9,16,18,25H,1-3,10-15,17H2. The van der Waals surface area contributed by atoms with Crippen molar-refractivity contribution in [3.05, 3.63) is 48.0 Å². The van der Waals surface area contributed by atoms with E-state index in [1.165, 1.54) is 25.0 Å². The Bertz CT molecular complexity index is 1110. The highest BCUT2D eigenvalue weighted by Gasteiger charge is 2.28. The van der Waals surface area contributed by atoms with Crippen LogP contribution in [0.2, 0.25) is 0 Å². The van der Waals surface area contributed by atoms with Gasteiger partial charge in [-0.2, -0.15) is 0 Å². The smallest absolute Gasteiger partial charge is 0.262 e. The number of hydrogen-bond donors (Lipinski definition) is 1. The van der Waals surface area contributed by atoms with Gasteiger partial charge in [-0.25, -0.2) is 8.42 Å². The summed E-state index contributed by atoms with van der Waals surface area (Å²) < 4.78 is 39.5. The molecule has 0 radical (unpaired) electrons. The molecule has 2 heterocycles. The fraction of sp³-hybridized carbons (Fsp3) is 0.458. The number of sulfonamides is 1. The molecule has 0 spiro atoms. The van der Waals surface area contributed by atoms with Gasteiger partial charge in [0.15, 0.2) is 11.5 Å². The summed E-state index contributed by atoms with van der Waals surface area (Å²) in [5.41, 5.74) is 0.956. The van der Waals surface area contributed by atoms with E-state index in [4.69, 9.17) is 9.47 Å². The van der Waals surface area contributed by atoms with Crippen molar-refractivity contribution in [3.8, 4) is 11.5 Å². The van der Waals surface area contributed by atoms with E-state index in [1.54, 1.807) is 30.3 Å². The predicted molar refractivity (Wildman–Crippen MR) is 124 cm³/mol. The molecule has 5 rings (SSSR count). The number of benzene rings is 2. The van der Waals surface area contributed by atoms with Crippen LogP contribution in [-0.2, 0) is 10.0 Å². The Morgan fingerprint density at radius 2 is 1.64 bits per heavy atom. The fourth-order valence-electron chi connectivity index (χ4n) is 4.19. The van der Waals surface area contributed by atoms with Crippen molar-refractivity contribution in [2.24, 2.45) is 5.92 Å². The molecule has 0 unspecified atom stereocenters. The molecule has 1 aliphatic carbocycles. The number of nitrogens with one attached hydrogen (secondary N) is 1. The van der Waals surface area contributed by atoms with Crippen LogP contribution in [-0.4, -0.2) is 70.1 Å². The number of hydrogen-bond acceptors (Lipinski definition) is 6. The molecule has 33 heavy (non-hydrogen) atoms. The van der Waals surface area contributed by atoms with E-state index in [9.17, 15) is 13.2 Å². The number of anilines is 1. The van der Waals surface area contributed by atoms with E-state index in [0.29, 0.717) is 36.0 Å². The molecule has 2 aliphatic heterocycles. The van der Waals surface area contributed by atoms with Gasteiger partial charge >= 0.3 is 0 Å².